The number of benzene rings is 2. The zero-order valence-electron chi connectivity index (χ0n) is 20.9. The van der Waals surface area contributed by atoms with Gasteiger partial charge < -0.3 is 18.8 Å². The van der Waals surface area contributed by atoms with E-state index in [-0.39, 0.29) is 17.8 Å². The predicted molar refractivity (Wildman–Crippen MR) is 134 cm³/mol. The maximum atomic E-state index is 13.0. The van der Waals surface area contributed by atoms with Crippen molar-refractivity contribution >= 4 is 11.9 Å². The summed E-state index contributed by atoms with van der Waals surface area (Å²) >= 11 is 0. The second kappa shape index (κ2) is 12.4. The van der Waals surface area contributed by atoms with E-state index in [1.54, 1.807) is 18.9 Å². The number of amides is 1. The van der Waals surface area contributed by atoms with Gasteiger partial charge in [-0.1, -0.05) is 42.5 Å². The lowest BCUT2D eigenvalue weighted by Gasteiger charge is -2.30. The zero-order chi connectivity index (χ0) is 25.3. The van der Waals surface area contributed by atoms with Crippen molar-refractivity contribution in [2.24, 2.45) is 5.92 Å². The van der Waals surface area contributed by atoms with Gasteiger partial charge >= 0.3 is 5.97 Å². The lowest BCUT2D eigenvalue weighted by molar-refractivity contribution is -0.149. The van der Waals surface area contributed by atoms with E-state index < -0.39 is 0 Å². The Bertz CT molecular complexity index is 1140. The fraction of sp³-hybridized carbons (Fsp3) is 0.393. The summed E-state index contributed by atoms with van der Waals surface area (Å²) in [6.07, 6.45) is 2.63. The van der Waals surface area contributed by atoms with Crippen molar-refractivity contribution in [3.05, 3.63) is 83.6 Å². The number of methoxy groups -OCH3 is 1. The van der Waals surface area contributed by atoms with Gasteiger partial charge in [0.05, 0.1) is 26.2 Å². The van der Waals surface area contributed by atoms with E-state index in [4.69, 9.17) is 13.9 Å². The molecule has 1 aromatic heterocycles. The van der Waals surface area contributed by atoms with Gasteiger partial charge in [-0.15, -0.1) is 0 Å². The summed E-state index contributed by atoms with van der Waals surface area (Å²) in [7, 11) is 1.66. The standard InChI is InChI=1S/C28H33N3O5/c1-3-35-28(33)23-12-14-31(15-13-23)27(32)25-20-36-26(29-25)19-30(17-21-8-5-4-6-9-21)18-22-10-7-11-24(16-22)34-2/h4-11,16,20,23H,3,12-15,17-19H2,1-2H3. The van der Waals surface area contributed by atoms with E-state index in [0.717, 1.165) is 11.3 Å². The molecule has 36 heavy (non-hydrogen) atoms. The molecule has 2 heterocycles. The van der Waals surface area contributed by atoms with Gasteiger partial charge in [-0.2, -0.15) is 0 Å². The molecule has 0 unspecified atom stereocenters. The third kappa shape index (κ3) is 6.73. The minimum absolute atomic E-state index is 0.148. The Morgan fingerprint density at radius 2 is 1.75 bits per heavy atom. The monoisotopic (exact) mass is 491 g/mol. The molecule has 4 rings (SSSR count). The van der Waals surface area contributed by atoms with Crippen LogP contribution in [0.4, 0.5) is 0 Å². The van der Waals surface area contributed by atoms with Crippen molar-refractivity contribution in [2.75, 3.05) is 26.8 Å². The van der Waals surface area contributed by atoms with Crippen LogP contribution in [0.1, 0.15) is 47.3 Å². The lowest BCUT2D eigenvalue weighted by Crippen LogP contribution is -2.40. The number of nitrogens with zero attached hydrogens (tertiary/aromatic N) is 3. The van der Waals surface area contributed by atoms with Crippen LogP contribution in [-0.4, -0.2) is 53.5 Å². The van der Waals surface area contributed by atoms with E-state index >= 15 is 0 Å². The molecule has 2 aromatic carbocycles. The normalized spacial score (nSPS) is 14.1. The maximum absolute atomic E-state index is 13.0. The van der Waals surface area contributed by atoms with Gasteiger partial charge in [0, 0.05) is 26.2 Å². The third-order valence-electron chi connectivity index (χ3n) is 6.32. The number of piperidine rings is 1. The van der Waals surface area contributed by atoms with E-state index in [9.17, 15) is 9.59 Å². The van der Waals surface area contributed by atoms with Crippen molar-refractivity contribution in [3.63, 3.8) is 0 Å². The zero-order valence-corrected chi connectivity index (χ0v) is 20.9. The van der Waals surface area contributed by atoms with Gasteiger partial charge in [0.25, 0.3) is 5.91 Å². The van der Waals surface area contributed by atoms with Gasteiger partial charge in [0.2, 0.25) is 5.89 Å². The molecule has 0 N–H and O–H groups in total. The maximum Gasteiger partial charge on any atom is 0.309 e. The first-order valence-corrected chi connectivity index (χ1v) is 12.3. The molecule has 1 aliphatic rings. The van der Waals surface area contributed by atoms with Crippen LogP contribution in [0.2, 0.25) is 0 Å². The number of carbonyl (C=O) groups is 2. The van der Waals surface area contributed by atoms with Crippen molar-refractivity contribution in [1.29, 1.82) is 0 Å². The molecule has 0 atom stereocenters. The van der Waals surface area contributed by atoms with Crippen LogP contribution in [0.3, 0.4) is 0 Å². The summed E-state index contributed by atoms with van der Waals surface area (Å²) in [6.45, 7) is 4.99. The number of likely N-dealkylation sites (tertiary alicyclic amines) is 1. The number of esters is 1. The van der Waals surface area contributed by atoms with Crippen LogP contribution in [0.15, 0.2) is 65.3 Å². The molecule has 0 aliphatic carbocycles. The summed E-state index contributed by atoms with van der Waals surface area (Å²) in [5.74, 6) is 0.795. The highest BCUT2D eigenvalue weighted by molar-refractivity contribution is 5.92. The molecule has 1 fully saturated rings. The Balaban J connectivity index is 1.41. The quantitative estimate of drug-likeness (QED) is 0.391. The number of ether oxygens (including phenoxy) is 2. The summed E-state index contributed by atoms with van der Waals surface area (Å²) < 4.78 is 16.2. The minimum Gasteiger partial charge on any atom is -0.497 e. The molecule has 0 radical (unpaired) electrons. The Morgan fingerprint density at radius 1 is 1.03 bits per heavy atom. The molecule has 0 bridgehead atoms. The SMILES string of the molecule is CCOC(=O)C1CCN(C(=O)c2coc(CN(Cc3ccccc3)Cc3cccc(OC)c3)n2)CC1. The van der Waals surface area contributed by atoms with Gasteiger partial charge in [-0.05, 0) is 43.0 Å². The number of carbonyl (C=O) groups excluding carboxylic acids is 2. The fourth-order valence-electron chi connectivity index (χ4n) is 4.45. The average molecular weight is 492 g/mol. The summed E-state index contributed by atoms with van der Waals surface area (Å²) in [5, 5.41) is 0. The lowest BCUT2D eigenvalue weighted by atomic mass is 9.97. The average Bonchev–Trinajstić information content (AvgIpc) is 3.37. The number of oxazole rings is 1. The fourth-order valence-corrected chi connectivity index (χ4v) is 4.45. The molecule has 190 valence electrons. The predicted octanol–water partition coefficient (Wildman–Crippen LogP) is 4.30. The smallest absolute Gasteiger partial charge is 0.309 e. The van der Waals surface area contributed by atoms with Gasteiger partial charge in [0.1, 0.15) is 12.0 Å². The topological polar surface area (TPSA) is 85.1 Å². The number of aromatic nitrogens is 1. The molecule has 1 saturated heterocycles. The van der Waals surface area contributed by atoms with Gasteiger partial charge in [0.15, 0.2) is 5.69 Å². The van der Waals surface area contributed by atoms with Crippen LogP contribution >= 0.6 is 0 Å². The Labute approximate surface area is 211 Å². The molecule has 0 saturated carbocycles. The number of rotatable bonds is 10. The Morgan fingerprint density at radius 3 is 2.47 bits per heavy atom. The highest BCUT2D eigenvalue weighted by Crippen LogP contribution is 2.21. The Kier molecular flexibility index (Phi) is 8.73. The van der Waals surface area contributed by atoms with E-state index in [2.05, 4.69) is 28.1 Å². The summed E-state index contributed by atoms with van der Waals surface area (Å²) in [4.78, 5) is 33.5. The van der Waals surface area contributed by atoms with E-state index in [0.29, 0.717) is 63.8 Å². The summed E-state index contributed by atoms with van der Waals surface area (Å²) in [6, 6.07) is 18.2. The summed E-state index contributed by atoms with van der Waals surface area (Å²) in [5.41, 5.74) is 2.57. The second-order valence-electron chi connectivity index (χ2n) is 8.93. The van der Waals surface area contributed by atoms with Crippen LogP contribution in [-0.2, 0) is 29.2 Å². The molecule has 3 aromatic rings. The van der Waals surface area contributed by atoms with Crippen LogP contribution < -0.4 is 4.74 Å². The van der Waals surface area contributed by atoms with E-state index in [1.807, 2.05) is 36.4 Å². The molecular weight excluding hydrogens is 458 g/mol. The molecule has 0 spiro atoms. The van der Waals surface area contributed by atoms with Crippen LogP contribution in [0.25, 0.3) is 0 Å². The van der Waals surface area contributed by atoms with Crippen LogP contribution in [0, 0.1) is 5.92 Å². The first-order chi connectivity index (χ1) is 17.6. The molecule has 1 amide bonds. The Hall–Kier alpha value is -3.65. The third-order valence-corrected chi connectivity index (χ3v) is 6.32. The van der Waals surface area contributed by atoms with Gasteiger partial charge in [-0.3, -0.25) is 14.5 Å². The molecule has 1 aliphatic heterocycles. The minimum atomic E-state index is -0.178. The van der Waals surface area contributed by atoms with Crippen molar-refractivity contribution in [1.82, 2.24) is 14.8 Å². The van der Waals surface area contributed by atoms with Crippen LogP contribution in [0.5, 0.6) is 5.75 Å². The largest absolute Gasteiger partial charge is 0.497 e. The van der Waals surface area contributed by atoms with Crippen molar-refractivity contribution in [2.45, 2.75) is 39.4 Å². The van der Waals surface area contributed by atoms with Gasteiger partial charge in [-0.25, -0.2) is 4.98 Å². The second-order valence-corrected chi connectivity index (χ2v) is 8.93. The highest BCUT2D eigenvalue weighted by Gasteiger charge is 2.30. The first-order valence-electron chi connectivity index (χ1n) is 12.3. The van der Waals surface area contributed by atoms with Crippen molar-refractivity contribution in [3.8, 4) is 5.75 Å². The van der Waals surface area contributed by atoms with Crippen molar-refractivity contribution < 1.29 is 23.5 Å². The highest BCUT2D eigenvalue weighted by atomic mass is 16.5. The number of hydrogen-bond acceptors (Lipinski definition) is 7. The number of hydrogen-bond donors (Lipinski definition) is 0. The van der Waals surface area contributed by atoms with E-state index in [1.165, 1.54) is 11.8 Å². The first kappa shape index (κ1) is 25.4. The molecule has 8 nitrogen and oxygen atoms in total. The molecular formula is C28H33N3O5. The molecule has 8 heteroatoms.